The van der Waals surface area contributed by atoms with E-state index in [0.717, 1.165) is 20.8 Å². The third-order valence-corrected chi connectivity index (χ3v) is 6.46. The first-order valence-electron chi connectivity index (χ1n) is 11.2. The van der Waals surface area contributed by atoms with E-state index < -0.39 is 23.2 Å². The molecule has 178 valence electrons. The molecule has 0 saturated heterocycles. The van der Waals surface area contributed by atoms with Gasteiger partial charge in [0.1, 0.15) is 0 Å². The lowest BCUT2D eigenvalue weighted by molar-refractivity contribution is 0.0943. The number of aromatic nitrogens is 2. The molecule has 0 aliphatic carbocycles. The number of para-hydroxylation sites is 2. The maximum Gasteiger partial charge on any atom is 0.254 e. The number of pyridine rings is 2. The zero-order chi connectivity index (χ0) is 24.9. The summed E-state index contributed by atoms with van der Waals surface area (Å²) in [5.74, 6) is -0.424. The average Bonchev–Trinajstić information content (AvgIpc) is 2.93. The van der Waals surface area contributed by atoms with Gasteiger partial charge in [0.2, 0.25) is 0 Å². The lowest BCUT2D eigenvalue weighted by atomic mass is 9.99. The lowest BCUT2D eigenvalue weighted by Gasteiger charge is -2.29. The molecule has 2 aromatic heterocycles. The molecule has 2 heterocycles. The highest BCUT2D eigenvalue weighted by molar-refractivity contribution is 7.81. The van der Waals surface area contributed by atoms with Gasteiger partial charge in [-0.25, -0.2) is 0 Å². The van der Waals surface area contributed by atoms with Crippen LogP contribution in [0.2, 0.25) is 0 Å². The molecule has 8 heteroatoms. The van der Waals surface area contributed by atoms with Gasteiger partial charge in [-0.2, -0.15) is 0 Å². The number of nitrogens with one attached hydrogen (secondary N) is 1. The van der Waals surface area contributed by atoms with Crippen LogP contribution in [0.25, 0.3) is 10.9 Å². The van der Waals surface area contributed by atoms with Crippen LogP contribution in [0.5, 0.6) is 0 Å². The fourth-order valence-corrected chi connectivity index (χ4v) is 4.77. The van der Waals surface area contributed by atoms with E-state index >= 15 is 0 Å². The molecule has 2 atom stereocenters. The van der Waals surface area contributed by atoms with E-state index in [1.807, 2.05) is 48.5 Å². The number of benzene rings is 3. The Morgan fingerprint density at radius 3 is 2.28 bits per heavy atom. The Kier molecular flexibility index (Phi) is 6.79. The van der Waals surface area contributed by atoms with Gasteiger partial charge in [0.05, 0.1) is 39.8 Å². The van der Waals surface area contributed by atoms with Crippen LogP contribution < -0.4 is 9.62 Å². The molecule has 0 bridgehead atoms. The maximum absolute atomic E-state index is 13.7. The van der Waals surface area contributed by atoms with E-state index in [-0.39, 0.29) is 11.3 Å². The Labute approximate surface area is 210 Å². The summed E-state index contributed by atoms with van der Waals surface area (Å²) in [6.45, 7) is 0. The fourth-order valence-electron chi connectivity index (χ4n) is 4.15. The second-order valence-electron chi connectivity index (χ2n) is 7.98. The summed E-state index contributed by atoms with van der Waals surface area (Å²) >= 11 is -2.72. The topological polar surface area (TPSA) is 98.2 Å². The van der Waals surface area contributed by atoms with Gasteiger partial charge in [0.15, 0.2) is 0 Å². The van der Waals surface area contributed by atoms with Crippen molar-refractivity contribution in [3.05, 3.63) is 132 Å². The number of hydrogen-bond donors (Lipinski definition) is 1. The van der Waals surface area contributed by atoms with Crippen molar-refractivity contribution < 1.29 is 13.6 Å². The number of hydrogen-bond acceptors (Lipinski definition) is 5. The van der Waals surface area contributed by atoms with Crippen molar-refractivity contribution in [2.45, 2.75) is 6.04 Å². The van der Waals surface area contributed by atoms with E-state index in [0.29, 0.717) is 11.2 Å². The SMILES string of the molecule is O=C(NC(c1ccccc1)c1cccnc1)c1ccccc1N(c1cccc2cccnc12)S(=O)[O-]. The van der Waals surface area contributed by atoms with Gasteiger partial charge in [-0.05, 0) is 41.5 Å². The molecule has 0 aliphatic rings. The normalized spacial score (nSPS) is 12.6. The number of carbonyl (C=O) groups is 1. The summed E-state index contributed by atoms with van der Waals surface area (Å²) in [7, 11) is 0. The van der Waals surface area contributed by atoms with Crippen LogP contribution in [0, 0.1) is 0 Å². The number of rotatable bonds is 7. The quantitative estimate of drug-likeness (QED) is 0.319. The second-order valence-corrected chi connectivity index (χ2v) is 8.78. The highest BCUT2D eigenvalue weighted by Gasteiger charge is 2.24. The van der Waals surface area contributed by atoms with E-state index in [1.165, 1.54) is 0 Å². The zero-order valence-electron chi connectivity index (χ0n) is 19.0. The van der Waals surface area contributed by atoms with Gasteiger partial charge < -0.3 is 9.87 Å². The fraction of sp³-hybridized carbons (Fsp3) is 0.0357. The van der Waals surface area contributed by atoms with Gasteiger partial charge in [-0.1, -0.05) is 66.7 Å². The van der Waals surface area contributed by atoms with Crippen LogP contribution in [-0.4, -0.2) is 24.6 Å². The number of fused-ring (bicyclic) bond motifs is 1. The van der Waals surface area contributed by atoms with Gasteiger partial charge in [0, 0.05) is 24.0 Å². The van der Waals surface area contributed by atoms with Crippen LogP contribution in [0.3, 0.4) is 0 Å². The Morgan fingerprint density at radius 2 is 1.50 bits per heavy atom. The minimum atomic E-state index is -2.72. The first-order chi connectivity index (χ1) is 17.6. The largest absolute Gasteiger partial charge is 0.755 e. The van der Waals surface area contributed by atoms with E-state index in [1.54, 1.807) is 67.1 Å². The second kappa shape index (κ2) is 10.5. The number of anilines is 2. The molecule has 36 heavy (non-hydrogen) atoms. The molecule has 1 N–H and O–H groups in total. The first kappa shape index (κ1) is 23.3. The van der Waals surface area contributed by atoms with Gasteiger partial charge in [-0.3, -0.25) is 23.3 Å². The summed E-state index contributed by atoms with van der Waals surface area (Å²) in [4.78, 5) is 22.3. The Bertz CT molecular complexity index is 1490. The van der Waals surface area contributed by atoms with Crippen molar-refractivity contribution in [1.29, 1.82) is 0 Å². The number of nitrogens with zero attached hydrogens (tertiary/aromatic N) is 3. The summed E-state index contributed by atoms with van der Waals surface area (Å²) < 4.78 is 26.2. The third-order valence-electron chi connectivity index (χ3n) is 5.77. The molecule has 0 spiro atoms. The highest BCUT2D eigenvalue weighted by atomic mass is 32.2. The van der Waals surface area contributed by atoms with Crippen molar-refractivity contribution in [3.63, 3.8) is 0 Å². The van der Waals surface area contributed by atoms with Crippen LogP contribution >= 0.6 is 0 Å². The molecule has 2 unspecified atom stereocenters. The van der Waals surface area contributed by atoms with Crippen molar-refractivity contribution in [3.8, 4) is 0 Å². The molecule has 7 nitrogen and oxygen atoms in total. The molecule has 5 aromatic rings. The Hall–Kier alpha value is -4.40. The summed E-state index contributed by atoms with van der Waals surface area (Å²) in [5, 5.41) is 3.85. The first-order valence-corrected chi connectivity index (χ1v) is 12.2. The highest BCUT2D eigenvalue weighted by Crippen LogP contribution is 2.34. The summed E-state index contributed by atoms with van der Waals surface area (Å²) in [6, 6.07) is 28.3. The van der Waals surface area contributed by atoms with E-state index in [9.17, 15) is 13.6 Å². The Morgan fingerprint density at radius 1 is 0.806 bits per heavy atom. The van der Waals surface area contributed by atoms with Crippen molar-refractivity contribution in [1.82, 2.24) is 15.3 Å². The minimum Gasteiger partial charge on any atom is -0.755 e. The summed E-state index contributed by atoms with van der Waals surface area (Å²) in [6.07, 6.45) is 4.97. The van der Waals surface area contributed by atoms with E-state index in [2.05, 4.69) is 15.3 Å². The van der Waals surface area contributed by atoms with Crippen LogP contribution in [-0.2, 0) is 11.3 Å². The number of carbonyl (C=O) groups excluding carboxylic acids is 1. The van der Waals surface area contributed by atoms with Gasteiger partial charge >= 0.3 is 0 Å². The standard InChI is InChI=1S/C28H22N4O3S/c33-28(31-26(20-9-2-1-3-10-20)22-13-7-17-29-19-22)23-14-4-5-15-24(23)32(36(34)35)25-16-6-11-21-12-8-18-30-27(21)25/h1-19,26H,(H,31,33)(H,34,35)/p-1. The minimum absolute atomic E-state index is 0.208. The zero-order valence-corrected chi connectivity index (χ0v) is 19.8. The molecule has 0 aliphatic heterocycles. The lowest BCUT2D eigenvalue weighted by Crippen LogP contribution is -2.31. The Balaban J connectivity index is 1.57. The molecule has 3 aromatic carbocycles. The van der Waals surface area contributed by atoms with Gasteiger partial charge in [0.25, 0.3) is 5.91 Å². The molecule has 5 rings (SSSR count). The predicted octanol–water partition coefficient (Wildman–Crippen LogP) is 5.08. The molecule has 0 radical (unpaired) electrons. The summed E-state index contributed by atoms with van der Waals surface area (Å²) in [5.41, 5.74) is 2.97. The molecular formula is C28H21N4O3S-. The van der Waals surface area contributed by atoms with Gasteiger partial charge in [-0.15, -0.1) is 0 Å². The van der Waals surface area contributed by atoms with Crippen molar-refractivity contribution >= 4 is 39.5 Å². The number of amides is 1. The maximum atomic E-state index is 13.7. The smallest absolute Gasteiger partial charge is 0.254 e. The molecular weight excluding hydrogens is 472 g/mol. The van der Waals surface area contributed by atoms with Crippen molar-refractivity contribution in [2.24, 2.45) is 0 Å². The van der Waals surface area contributed by atoms with Crippen LogP contribution in [0.15, 0.2) is 116 Å². The monoisotopic (exact) mass is 493 g/mol. The van der Waals surface area contributed by atoms with Crippen molar-refractivity contribution in [2.75, 3.05) is 4.31 Å². The third kappa shape index (κ3) is 4.72. The predicted molar refractivity (Wildman–Crippen MR) is 139 cm³/mol. The molecule has 0 fully saturated rings. The average molecular weight is 494 g/mol. The molecule has 1 amide bonds. The van der Waals surface area contributed by atoms with E-state index in [4.69, 9.17) is 0 Å². The van der Waals surface area contributed by atoms with Crippen LogP contribution in [0.4, 0.5) is 11.4 Å². The molecule has 0 saturated carbocycles. The van der Waals surface area contributed by atoms with Crippen LogP contribution in [0.1, 0.15) is 27.5 Å².